The number of hydrogen-bond donors (Lipinski definition) is 1. The van der Waals surface area contributed by atoms with Crippen molar-refractivity contribution in [3.05, 3.63) is 30.3 Å². The van der Waals surface area contributed by atoms with Crippen LogP contribution < -0.4 is 10.6 Å². The summed E-state index contributed by atoms with van der Waals surface area (Å²) in [6.45, 7) is 1.06. The third-order valence-electron chi connectivity index (χ3n) is 3.99. The Morgan fingerprint density at radius 2 is 1.76 bits per heavy atom. The summed E-state index contributed by atoms with van der Waals surface area (Å²) in [5.74, 6) is 0. The topological polar surface area (TPSA) is 29.3 Å². The summed E-state index contributed by atoms with van der Waals surface area (Å²) in [5.41, 5.74) is 7.84. The lowest BCUT2D eigenvalue weighted by molar-refractivity contribution is 0.280. The van der Waals surface area contributed by atoms with Crippen LogP contribution in [-0.2, 0) is 0 Å². The minimum atomic E-state index is 0.0985. The SMILES string of the molecule is CN(CCC1(N)CCCCC1)c1ccccc1. The summed E-state index contributed by atoms with van der Waals surface area (Å²) in [7, 11) is 2.15. The molecule has 0 atom stereocenters. The van der Waals surface area contributed by atoms with Crippen LogP contribution in [-0.4, -0.2) is 19.1 Å². The molecule has 17 heavy (non-hydrogen) atoms. The molecule has 1 aliphatic rings. The van der Waals surface area contributed by atoms with Crippen molar-refractivity contribution < 1.29 is 0 Å². The highest BCUT2D eigenvalue weighted by molar-refractivity contribution is 5.44. The smallest absolute Gasteiger partial charge is 0.0363 e. The van der Waals surface area contributed by atoms with Crippen LogP contribution in [0.4, 0.5) is 5.69 Å². The zero-order chi connectivity index (χ0) is 12.1. The zero-order valence-corrected chi connectivity index (χ0v) is 10.9. The highest BCUT2D eigenvalue weighted by atomic mass is 15.1. The molecule has 1 aliphatic carbocycles. The first-order valence-electron chi connectivity index (χ1n) is 6.75. The molecule has 1 saturated carbocycles. The molecule has 94 valence electrons. The number of rotatable bonds is 4. The van der Waals surface area contributed by atoms with E-state index in [1.807, 2.05) is 0 Å². The second kappa shape index (κ2) is 5.54. The molecule has 0 spiro atoms. The van der Waals surface area contributed by atoms with E-state index >= 15 is 0 Å². The van der Waals surface area contributed by atoms with Gasteiger partial charge in [0, 0.05) is 24.8 Å². The third-order valence-corrected chi connectivity index (χ3v) is 3.99. The fourth-order valence-electron chi connectivity index (χ4n) is 2.71. The highest BCUT2D eigenvalue weighted by Gasteiger charge is 2.27. The van der Waals surface area contributed by atoms with E-state index in [2.05, 4.69) is 42.3 Å². The van der Waals surface area contributed by atoms with Gasteiger partial charge in [-0.3, -0.25) is 0 Å². The minimum Gasteiger partial charge on any atom is -0.375 e. The molecule has 1 fully saturated rings. The summed E-state index contributed by atoms with van der Waals surface area (Å²) in [6, 6.07) is 10.5. The van der Waals surface area contributed by atoms with Gasteiger partial charge in [-0.2, -0.15) is 0 Å². The fraction of sp³-hybridized carbons (Fsp3) is 0.600. The molecule has 2 heteroatoms. The van der Waals surface area contributed by atoms with Gasteiger partial charge in [0.2, 0.25) is 0 Å². The van der Waals surface area contributed by atoms with E-state index in [0.29, 0.717) is 0 Å². The van der Waals surface area contributed by atoms with Gasteiger partial charge in [-0.15, -0.1) is 0 Å². The predicted octanol–water partition coefficient (Wildman–Crippen LogP) is 3.17. The largest absolute Gasteiger partial charge is 0.375 e. The molecule has 1 aromatic rings. The first-order chi connectivity index (χ1) is 8.20. The monoisotopic (exact) mass is 232 g/mol. The molecular weight excluding hydrogens is 208 g/mol. The average Bonchev–Trinajstić information content (AvgIpc) is 2.38. The molecule has 0 saturated heterocycles. The van der Waals surface area contributed by atoms with Crippen molar-refractivity contribution in [2.45, 2.75) is 44.1 Å². The van der Waals surface area contributed by atoms with Gasteiger partial charge in [0.25, 0.3) is 0 Å². The van der Waals surface area contributed by atoms with Crippen LogP contribution >= 0.6 is 0 Å². The van der Waals surface area contributed by atoms with Crippen molar-refractivity contribution in [2.24, 2.45) is 5.73 Å². The molecule has 1 aromatic carbocycles. The van der Waals surface area contributed by atoms with Crippen molar-refractivity contribution in [3.8, 4) is 0 Å². The van der Waals surface area contributed by atoms with Crippen LogP contribution in [0.15, 0.2) is 30.3 Å². The van der Waals surface area contributed by atoms with Crippen LogP contribution in [0.3, 0.4) is 0 Å². The fourth-order valence-corrected chi connectivity index (χ4v) is 2.71. The van der Waals surface area contributed by atoms with Gasteiger partial charge in [0.05, 0.1) is 0 Å². The number of nitrogens with two attached hydrogens (primary N) is 1. The number of benzene rings is 1. The molecule has 0 amide bonds. The Kier molecular flexibility index (Phi) is 4.06. The van der Waals surface area contributed by atoms with Crippen molar-refractivity contribution in [1.82, 2.24) is 0 Å². The summed E-state index contributed by atoms with van der Waals surface area (Å²) in [4.78, 5) is 2.31. The molecule has 0 unspecified atom stereocenters. The Bertz CT molecular complexity index is 328. The van der Waals surface area contributed by atoms with Gasteiger partial charge in [-0.05, 0) is 31.4 Å². The predicted molar refractivity (Wildman–Crippen MR) is 74.3 cm³/mol. The molecule has 0 radical (unpaired) electrons. The Hall–Kier alpha value is -1.02. The zero-order valence-electron chi connectivity index (χ0n) is 10.9. The van der Waals surface area contributed by atoms with E-state index in [4.69, 9.17) is 5.73 Å². The van der Waals surface area contributed by atoms with E-state index in [0.717, 1.165) is 13.0 Å². The maximum absolute atomic E-state index is 6.46. The molecule has 2 nitrogen and oxygen atoms in total. The maximum Gasteiger partial charge on any atom is 0.0363 e. The van der Waals surface area contributed by atoms with E-state index in [-0.39, 0.29) is 5.54 Å². The molecule has 0 aliphatic heterocycles. The number of para-hydroxylation sites is 1. The van der Waals surface area contributed by atoms with Gasteiger partial charge in [0.15, 0.2) is 0 Å². The van der Waals surface area contributed by atoms with Crippen molar-refractivity contribution in [3.63, 3.8) is 0 Å². The van der Waals surface area contributed by atoms with Crippen LogP contribution in [0.25, 0.3) is 0 Å². The normalized spacial score (nSPS) is 18.9. The molecule has 0 bridgehead atoms. The van der Waals surface area contributed by atoms with Crippen molar-refractivity contribution in [2.75, 3.05) is 18.5 Å². The minimum absolute atomic E-state index is 0.0985. The van der Waals surface area contributed by atoms with Crippen LogP contribution in [0, 0.1) is 0 Å². The Morgan fingerprint density at radius 1 is 1.12 bits per heavy atom. The first-order valence-corrected chi connectivity index (χ1v) is 6.75. The van der Waals surface area contributed by atoms with Crippen molar-refractivity contribution in [1.29, 1.82) is 0 Å². The molecule has 0 aromatic heterocycles. The quantitative estimate of drug-likeness (QED) is 0.864. The second-order valence-corrected chi connectivity index (χ2v) is 5.43. The Labute approximate surface area is 105 Å². The first kappa shape index (κ1) is 12.4. The van der Waals surface area contributed by atoms with E-state index in [1.54, 1.807) is 0 Å². The van der Waals surface area contributed by atoms with Gasteiger partial charge in [-0.1, -0.05) is 37.5 Å². The number of hydrogen-bond acceptors (Lipinski definition) is 2. The number of anilines is 1. The highest BCUT2D eigenvalue weighted by Crippen LogP contribution is 2.29. The molecule has 2 rings (SSSR count). The Morgan fingerprint density at radius 3 is 2.41 bits per heavy atom. The summed E-state index contributed by atoms with van der Waals surface area (Å²) < 4.78 is 0. The second-order valence-electron chi connectivity index (χ2n) is 5.43. The van der Waals surface area contributed by atoms with Crippen LogP contribution in [0.1, 0.15) is 38.5 Å². The van der Waals surface area contributed by atoms with Gasteiger partial charge in [0.1, 0.15) is 0 Å². The molecular formula is C15H24N2. The lowest BCUT2D eigenvalue weighted by atomic mass is 9.80. The van der Waals surface area contributed by atoms with Gasteiger partial charge in [-0.25, -0.2) is 0 Å². The van der Waals surface area contributed by atoms with Crippen molar-refractivity contribution >= 4 is 5.69 Å². The Balaban J connectivity index is 1.85. The molecule has 2 N–H and O–H groups in total. The lowest BCUT2D eigenvalue weighted by Crippen LogP contribution is -2.44. The van der Waals surface area contributed by atoms with E-state index < -0.39 is 0 Å². The lowest BCUT2D eigenvalue weighted by Gasteiger charge is -2.35. The van der Waals surface area contributed by atoms with Crippen LogP contribution in [0.2, 0.25) is 0 Å². The van der Waals surface area contributed by atoms with E-state index in [1.165, 1.54) is 37.8 Å². The van der Waals surface area contributed by atoms with Crippen LogP contribution in [0.5, 0.6) is 0 Å². The molecule has 0 heterocycles. The summed E-state index contributed by atoms with van der Waals surface area (Å²) in [5, 5.41) is 0. The van der Waals surface area contributed by atoms with E-state index in [9.17, 15) is 0 Å². The maximum atomic E-state index is 6.46. The summed E-state index contributed by atoms with van der Waals surface area (Å²) in [6.07, 6.45) is 7.51. The van der Waals surface area contributed by atoms with Gasteiger partial charge < -0.3 is 10.6 Å². The standard InChI is InChI=1S/C15H24N2/c1-17(14-8-4-2-5-9-14)13-12-15(16)10-6-3-7-11-15/h2,4-5,8-9H,3,6-7,10-13,16H2,1H3. The third kappa shape index (κ3) is 3.47. The average molecular weight is 232 g/mol. The van der Waals surface area contributed by atoms with Gasteiger partial charge >= 0.3 is 0 Å². The summed E-state index contributed by atoms with van der Waals surface area (Å²) >= 11 is 0. The number of nitrogens with zero attached hydrogens (tertiary/aromatic N) is 1.